The number of hydrogen-bond acceptors (Lipinski definition) is 2. The van der Waals surface area contributed by atoms with Crippen molar-refractivity contribution in [1.82, 2.24) is 9.97 Å². The maximum absolute atomic E-state index is 4.66. The SMILES string of the molecule is Cc1nc(C)c2c(n1)-c1ccccc1S2(C)C. The van der Waals surface area contributed by atoms with Crippen LogP contribution >= 0.6 is 10.0 Å². The average Bonchev–Trinajstić information content (AvgIpc) is 2.49. The van der Waals surface area contributed by atoms with Crippen LogP contribution in [0.1, 0.15) is 11.5 Å². The molecule has 0 aliphatic carbocycles. The van der Waals surface area contributed by atoms with E-state index in [1.54, 1.807) is 0 Å². The van der Waals surface area contributed by atoms with Crippen molar-refractivity contribution >= 4 is 10.0 Å². The molecule has 0 fully saturated rings. The first-order valence-corrected chi connectivity index (χ1v) is 8.15. The van der Waals surface area contributed by atoms with Gasteiger partial charge in [-0.1, -0.05) is 18.2 Å². The van der Waals surface area contributed by atoms with Gasteiger partial charge in [0.1, 0.15) is 5.82 Å². The summed E-state index contributed by atoms with van der Waals surface area (Å²) in [6.07, 6.45) is 4.67. The highest BCUT2D eigenvalue weighted by molar-refractivity contribution is 8.33. The Labute approximate surface area is 103 Å². The van der Waals surface area contributed by atoms with E-state index in [4.69, 9.17) is 0 Å². The lowest BCUT2D eigenvalue weighted by atomic mass is 10.1. The average molecular weight is 244 g/mol. The Morgan fingerprint density at radius 2 is 1.71 bits per heavy atom. The molecule has 0 N–H and O–H groups in total. The van der Waals surface area contributed by atoms with Gasteiger partial charge in [-0.2, -0.15) is 10.0 Å². The molecule has 3 rings (SSSR count). The second kappa shape index (κ2) is 3.33. The first-order chi connectivity index (χ1) is 8.01. The molecule has 2 nitrogen and oxygen atoms in total. The molecule has 3 heteroatoms. The summed E-state index contributed by atoms with van der Waals surface area (Å²) >= 11 is 0. The quantitative estimate of drug-likeness (QED) is 0.708. The van der Waals surface area contributed by atoms with Gasteiger partial charge in [0.2, 0.25) is 0 Å². The first kappa shape index (κ1) is 10.8. The van der Waals surface area contributed by atoms with Crippen LogP contribution in [-0.4, -0.2) is 22.5 Å². The molecule has 0 amide bonds. The van der Waals surface area contributed by atoms with Gasteiger partial charge in [-0.15, -0.1) is 0 Å². The van der Waals surface area contributed by atoms with Crippen LogP contribution < -0.4 is 0 Å². The smallest absolute Gasteiger partial charge is 0.126 e. The van der Waals surface area contributed by atoms with Crippen molar-refractivity contribution in [3.8, 4) is 11.3 Å². The molecule has 1 aromatic carbocycles. The van der Waals surface area contributed by atoms with Crippen LogP contribution in [0.2, 0.25) is 0 Å². The minimum Gasteiger partial charge on any atom is -0.237 e. The molecular weight excluding hydrogens is 228 g/mol. The number of aryl methyl sites for hydroxylation is 2. The number of fused-ring (bicyclic) bond motifs is 3. The van der Waals surface area contributed by atoms with Crippen molar-refractivity contribution in [2.45, 2.75) is 23.6 Å². The monoisotopic (exact) mass is 244 g/mol. The second-order valence-corrected chi connectivity index (χ2v) is 8.36. The van der Waals surface area contributed by atoms with Crippen molar-refractivity contribution in [3.05, 3.63) is 35.8 Å². The van der Waals surface area contributed by atoms with E-state index in [-0.39, 0.29) is 0 Å². The highest BCUT2D eigenvalue weighted by Gasteiger charge is 2.34. The fourth-order valence-corrected chi connectivity index (χ4v) is 5.49. The molecule has 0 radical (unpaired) electrons. The topological polar surface area (TPSA) is 25.8 Å². The van der Waals surface area contributed by atoms with E-state index in [1.807, 2.05) is 6.92 Å². The lowest BCUT2D eigenvalue weighted by Gasteiger charge is -2.28. The number of benzene rings is 1. The van der Waals surface area contributed by atoms with Crippen molar-refractivity contribution < 1.29 is 0 Å². The van der Waals surface area contributed by atoms with Gasteiger partial charge < -0.3 is 0 Å². The molecule has 1 aliphatic heterocycles. The minimum absolute atomic E-state index is 0.869. The van der Waals surface area contributed by atoms with Crippen molar-refractivity contribution in [3.63, 3.8) is 0 Å². The summed E-state index contributed by atoms with van der Waals surface area (Å²) < 4.78 is 0. The van der Waals surface area contributed by atoms with E-state index in [1.165, 1.54) is 15.4 Å². The third-order valence-corrected chi connectivity index (χ3v) is 6.31. The molecular formula is C14H16N2S. The molecule has 1 aliphatic rings. The predicted molar refractivity (Wildman–Crippen MR) is 72.9 cm³/mol. The van der Waals surface area contributed by atoms with E-state index in [9.17, 15) is 0 Å². The largest absolute Gasteiger partial charge is 0.237 e. The summed E-state index contributed by atoms with van der Waals surface area (Å²) in [4.78, 5) is 12.0. The molecule has 0 bridgehead atoms. The Balaban J connectivity index is 2.44. The lowest BCUT2D eigenvalue weighted by Crippen LogP contribution is -2.00. The van der Waals surface area contributed by atoms with Gasteiger partial charge in [-0.25, -0.2) is 9.97 Å². The van der Waals surface area contributed by atoms with E-state index in [0.717, 1.165) is 17.2 Å². The summed E-state index contributed by atoms with van der Waals surface area (Å²) in [6.45, 7) is 4.07. The zero-order valence-electron chi connectivity index (χ0n) is 10.6. The Kier molecular flexibility index (Phi) is 2.11. The summed E-state index contributed by atoms with van der Waals surface area (Å²) in [5.41, 5.74) is 3.60. The number of rotatable bonds is 0. The van der Waals surface area contributed by atoms with Crippen LogP contribution in [0.3, 0.4) is 0 Å². The van der Waals surface area contributed by atoms with E-state index in [2.05, 4.69) is 53.7 Å². The van der Waals surface area contributed by atoms with Gasteiger partial charge in [0.05, 0.1) is 11.4 Å². The van der Waals surface area contributed by atoms with Crippen LogP contribution in [0.5, 0.6) is 0 Å². The summed E-state index contributed by atoms with van der Waals surface area (Å²) in [7, 11) is -0.937. The Hall–Kier alpha value is -1.35. The van der Waals surface area contributed by atoms with Crippen LogP contribution in [0.15, 0.2) is 34.1 Å². The first-order valence-electron chi connectivity index (χ1n) is 5.70. The van der Waals surface area contributed by atoms with Crippen LogP contribution in [0.4, 0.5) is 0 Å². The fourth-order valence-electron chi connectivity index (χ4n) is 2.71. The predicted octanol–water partition coefficient (Wildman–Crippen LogP) is 3.56. The van der Waals surface area contributed by atoms with Gasteiger partial charge in [-0.3, -0.25) is 0 Å². The van der Waals surface area contributed by atoms with Gasteiger partial charge in [0.25, 0.3) is 0 Å². The number of hydrogen-bond donors (Lipinski definition) is 0. The van der Waals surface area contributed by atoms with Crippen molar-refractivity contribution in [2.75, 3.05) is 12.5 Å². The molecule has 0 unspecified atom stereocenters. The zero-order valence-corrected chi connectivity index (χ0v) is 11.4. The molecule has 0 saturated heterocycles. The fraction of sp³-hybridized carbons (Fsp3) is 0.286. The van der Waals surface area contributed by atoms with Crippen LogP contribution in [0.25, 0.3) is 11.3 Å². The summed E-state index contributed by atoms with van der Waals surface area (Å²) in [5.74, 6) is 0.869. The Bertz CT molecular complexity index is 618. The normalized spacial score (nSPS) is 17.4. The van der Waals surface area contributed by atoms with Gasteiger partial charge in [0.15, 0.2) is 0 Å². The van der Waals surface area contributed by atoms with E-state index < -0.39 is 10.0 Å². The third-order valence-electron chi connectivity index (χ3n) is 3.35. The molecule has 1 aromatic heterocycles. The molecule has 0 saturated carbocycles. The van der Waals surface area contributed by atoms with E-state index in [0.29, 0.717) is 0 Å². The lowest BCUT2D eigenvalue weighted by molar-refractivity contribution is 0.968. The second-order valence-electron chi connectivity index (χ2n) is 4.86. The van der Waals surface area contributed by atoms with Crippen molar-refractivity contribution in [2.24, 2.45) is 0 Å². The highest BCUT2D eigenvalue weighted by atomic mass is 32.3. The van der Waals surface area contributed by atoms with Crippen LogP contribution in [-0.2, 0) is 0 Å². The molecule has 88 valence electrons. The maximum Gasteiger partial charge on any atom is 0.126 e. The molecule has 2 heterocycles. The zero-order chi connectivity index (χ0) is 12.2. The van der Waals surface area contributed by atoms with E-state index >= 15 is 0 Å². The maximum atomic E-state index is 4.66. The van der Waals surface area contributed by atoms with Gasteiger partial charge in [-0.05, 0) is 32.4 Å². The Morgan fingerprint density at radius 1 is 1.00 bits per heavy atom. The third kappa shape index (κ3) is 1.35. The molecule has 0 atom stereocenters. The summed E-state index contributed by atoms with van der Waals surface area (Å²) in [6, 6.07) is 8.63. The standard InChI is InChI=1S/C14H16N2S/c1-9-14-13(16-10(2)15-9)11-7-5-6-8-12(11)17(14,3)4/h5-8H,1-4H3. The Morgan fingerprint density at radius 3 is 2.47 bits per heavy atom. The molecule has 2 aromatic rings. The van der Waals surface area contributed by atoms with Crippen LogP contribution in [0, 0.1) is 13.8 Å². The van der Waals surface area contributed by atoms with Gasteiger partial charge >= 0.3 is 0 Å². The summed E-state index contributed by atoms with van der Waals surface area (Å²) in [5, 5.41) is 0. The van der Waals surface area contributed by atoms with Gasteiger partial charge in [0, 0.05) is 15.4 Å². The molecule has 17 heavy (non-hydrogen) atoms. The van der Waals surface area contributed by atoms with Crippen molar-refractivity contribution in [1.29, 1.82) is 0 Å². The number of nitrogens with zero attached hydrogens (tertiary/aromatic N) is 2. The highest BCUT2D eigenvalue weighted by Crippen LogP contribution is 2.67. The molecule has 0 spiro atoms. The number of aromatic nitrogens is 2. The minimum atomic E-state index is -0.937.